The molecule has 2 aromatic carbocycles. The average molecular weight is 343 g/mol. The first-order valence-electron chi connectivity index (χ1n) is 5.85. The van der Waals surface area contributed by atoms with Crippen LogP contribution in [0.2, 0.25) is 10.0 Å². The molecule has 0 spiro atoms. The Balaban J connectivity index is 1.98. The molecule has 0 saturated heterocycles. The second-order valence-electron chi connectivity index (χ2n) is 4.02. The molecule has 20 heavy (non-hydrogen) atoms. The highest BCUT2D eigenvalue weighted by Gasteiger charge is 2.07. The van der Waals surface area contributed by atoms with Gasteiger partial charge in [-0.3, -0.25) is 4.79 Å². The van der Waals surface area contributed by atoms with Crippen molar-refractivity contribution < 1.29 is 4.79 Å². The van der Waals surface area contributed by atoms with Crippen molar-refractivity contribution in [2.45, 2.75) is 9.79 Å². The molecule has 1 nitrogen and oxygen atoms in total. The van der Waals surface area contributed by atoms with Crippen LogP contribution in [0.15, 0.2) is 52.3 Å². The highest BCUT2D eigenvalue weighted by molar-refractivity contribution is 8.00. The summed E-state index contributed by atoms with van der Waals surface area (Å²) in [4.78, 5) is 14.2. The van der Waals surface area contributed by atoms with Crippen LogP contribution in [0, 0.1) is 0 Å². The van der Waals surface area contributed by atoms with E-state index in [1.807, 2.05) is 36.6 Å². The van der Waals surface area contributed by atoms with Crippen molar-refractivity contribution in [1.29, 1.82) is 0 Å². The molecule has 104 valence electrons. The summed E-state index contributed by atoms with van der Waals surface area (Å²) in [5, 5.41) is 1.03. The van der Waals surface area contributed by atoms with E-state index in [4.69, 9.17) is 23.2 Å². The van der Waals surface area contributed by atoms with Crippen molar-refractivity contribution in [2.24, 2.45) is 0 Å². The van der Waals surface area contributed by atoms with Gasteiger partial charge in [-0.1, -0.05) is 35.3 Å². The van der Waals surface area contributed by atoms with Gasteiger partial charge in [0, 0.05) is 15.4 Å². The fourth-order valence-corrected chi connectivity index (χ4v) is 3.18. The lowest BCUT2D eigenvalue weighted by Gasteiger charge is -2.04. The minimum Gasteiger partial charge on any atom is -0.293 e. The number of rotatable bonds is 5. The van der Waals surface area contributed by atoms with Crippen LogP contribution in [0.3, 0.4) is 0 Å². The Kier molecular flexibility index (Phi) is 5.85. The minimum atomic E-state index is 0.105. The minimum absolute atomic E-state index is 0.105. The largest absolute Gasteiger partial charge is 0.293 e. The van der Waals surface area contributed by atoms with Gasteiger partial charge in [0.1, 0.15) is 0 Å². The van der Waals surface area contributed by atoms with Crippen molar-refractivity contribution in [3.8, 4) is 0 Å². The number of hydrogen-bond acceptors (Lipinski definition) is 3. The van der Waals surface area contributed by atoms with Gasteiger partial charge in [-0.05, 0) is 36.6 Å². The zero-order valence-corrected chi connectivity index (χ0v) is 13.9. The molecule has 2 aromatic rings. The van der Waals surface area contributed by atoms with Crippen LogP contribution in [-0.4, -0.2) is 17.8 Å². The van der Waals surface area contributed by atoms with Crippen molar-refractivity contribution in [1.82, 2.24) is 0 Å². The summed E-state index contributed by atoms with van der Waals surface area (Å²) in [5.74, 6) is 0.491. The Morgan fingerprint density at radius 2 is 1.65 bits per heavy atom. The Bertz CT molecular complexity index is 612. The lowest BCUT2D eigenvalue weighted by Crippen LogP contribution is -2.01. The van der Waals surface area contributed by atoms with Crippen LogP contribution < -0.4 is 0 Å². The summed E-state index contributed by atoms with van der Waals surface area (Å²) in [7, 11) is 0. The lowest BCUT2D eigenvalue weighted by molar-refractivity contribution is 0.102. The van der Waals surface area contributed by atoms with E-state index in [9.17, 15) is 4.79 Å². The Hall–Kier alpha value is -0.610. The molecule has 0 aliphatic heterocycles. The van der Waals surface area contributed by atoms with Gasteiger partial charge in [-0.25, -0.2) is 0 Å². The van der Waals surface area contributed by atoms with E-state index in [2.05, 4.69) is 0 Å². The molecule has 0 heterocycles. The van der Waals surface area contributed by atoms with Crippen LogP contribution in [0.25, 0.3) is 0 Å². The maximum atomic E-state index is 12.1. The zero-order valence-electron chi connectivity index (χ0n) is 10.7. The first kappa shape index (κ1) is 15.8. The quantitative estimate of drug-likeness (QED) is 0.513. The first-order chi connectivity index (χ1) is 9.60. The Morgan fingerprint density at radius 1 is 1.00 bits per heavy atom. The molecule has 0 aliphatic carbocycles. The highest BCUT2D eigenvalue weighted by Crippen LogP contribution is 2.28. The second-order valence-corrected chi connectivity index (χ2v) is 6.76. The normalized spacial score (nSPS) is 10.6. The van der Waals surface area contributed by atoms with Crippen LogP contribution in [-0.2, 0) is 0 Å². The van der Waals surface area contributed by atoms with E-state index in [-0.39, 0.29) is 5.78 Å². The maximum absolute atomic E-state index is 12.1. The SMILES string of the molecule is CSc1ccc(C(=O)CSc2ccc(Cl)c(Cl)c2)cc1. The standard InChI is InChI=1S/C15H12Cl2OS2/c1-19-11-4-2-10(3-5-11)15(18)9-20-12-6-7-13(16)14(17)8-12/h2-8H,9H2,1H3. The van der Waals surface area contributed by atoms with Gasteiger partial charge < -0.3 is 0 Å². The van der Waals surface area contributed by atoms with Gasteiger partial charge in [0.05, 0.1) is 15.8 Å². The summed E-state index contributed by atoms with van der Waals surface area (Å²) in [5.41, 5.74) is 0.732. The van der Waals surface area contributed by atoms with Gasteiger partial charge in [0.25, 0.3) is 0 Å². The number of thioether (sulfide) groups is 2. The molecular weight excluding hydrogens is 331 g/mol. The second kappa shape index (κ2) is 7.41. The van der Waals surface area contributed by atoms with Gasteiger partial charge in [-0.15, -0.1) is 23.5 Å². The number of halogens is 2. The summed E-state index contributed by atoms with van der Waals surface area (Å²) < 4.78 is 0. The molecule has 2 rings (SSSR count). The third kappa shape index (κ3) is 4.19. The summed E-state index contributed by atoms with van der Waals surface area (Å²) in [6.45, 7) is 0. The van der Waals surface area contributed by atoms with E-state index in [1.165, 1.54) is 11.8 Å². The average Bonchev–Trinajstić information content (AvgIpc) is 2.48. The smallest absolute Gasteiger partial charge is 0.173 e. The number of Topliss-reactive ketones (excluding diaryl/α,β-unsaturated/α-hetero) is 1. The summed E-state index contributed by atoms with van der Waals surface area (Å²) in [6.07, 6.45) is 2.01. The third-order valence-corrected chi connectivity index (χ3v) is 5.15. The molecule has 0 aromatic heterocycles. The van der Waals surface area contributed by atoms with Gasteiger partial charge >= 0.3 is 0 Å². The number of benzene rings is 2. The maximum Gasteiger partial charge on any atom is 0.173 e. The number of carbonyl (C=O) groups excluding carboxylic acids is 1. The predicted octanol–water partition coefficient (Wildman–Crippen LogP) is 5.69. The van der Waals surface area contributed by atoms with Crippen molar-refractivity contribution in [2.75, 3.05) is 12.0 Å². The predicted molar refractivity (Wildman–Crippen MR) is 89.7 cm³/mol. The summed E-state index contributed by atoms with van der Waals surface area (Å²) in [6, 6.07) is 13.0. The molecule has 5 heteroatoms. The van der Waals surface area contributed by atoms with Crippen LogP contribution in [0.4, 0.5) is 0 Å². The molecule has 0 aliphatic rings. The van der Waals surface area contributed by atoms with Crippen molar-refractivity contribution >= 4 is 52.5 Å². The molecule has 0 radical (unpaired) electrons. The van der Waals surface area contributed by atoms with E-state index in [1.54, 1.807) is 23.9 Å². The van der Waals surface area contributed by atoms with E-state index < -0.39 is 0 Å². The van der Waals surface area contributed by atoms with E-state index in [0.29, 0.717) is 15.8 Å². The Morgan fingerprint density at radius 3 is 2.25 bits per heavy atom. The topological polar surface area (TPSA) is 17.1 Å². The number of carbonyl (C=O) groups is 1. The molecule has 0 fully saturated rings. The van der Waals surface area contributed by atoms with E-state index >= 15 is 0 Å². The molecular formula is C15H12Cl2OS2. The van der Waals surface area contributed by atoms with Gasteiger partial charge in [0.2, 0.25) is 0 Å². The molecule has 0 amide bonds. The zero-order chi connectivity index (χ0) is 14.5. The molecule has 0 bridgehead atoms. The number of hydrogen-bond donors (Lipinski definition) is 0. The van der Waals surface area contributed by atoms with Crippen molar-refractivity contribution in [3.63, 3.8) is 0 Å². The fraction of sp³-hybridized carbons (Fsp3) is 0.133. The van der Waals surface area contributed by atoms with Gasteiger partial charge in [0.15, 0.2) is 5.78 Å². The lowest BCUT2D eigenvalue weighted by atomic mass is 10.1. The van der Waals surface area contributed by atoms with Crippen LogP contribution >= 0.6 is 46.7 Å². The summed E-state index contributed by atoms with van der Waals surface area (Å²) >= 11 is 14.9. The van der Waals surface area contributed by atoms with Crippen LogP contribution in [0.1, 0.15) is 10.4 Å². The first-order valence-corrected chi connectivity index (χ1v) is 8.82. The highest BCUT2D eigenvalue weighted by atomic mass is 35.5. The van der Waals surface area contributed by atoms with Crippen molar-refractivity contribution in [3.05, 3.63) is 58.1 Å². The number of ketones is 1. The van der Waals surface area contributed by atoms with Crippen LogP contribution in [0.5, 0.6) is 0 Å². The fourth-order valence-electron chi connectivity index (χ4n) is 1.58. The molecule has 0 atom stereocenters. The molecule has 0 N–H and O–H groups in total. The third-order valence-electron chi connectivity index (χ3n) is 2.67. The Labute approximate surface area is 137 Å². The molecule has 0 unspecified atom stereocenters. The van der Waals surface area contributed by atoms with Gasteiger partial charge in [-0.2, -0.15) is 0 Å². The molecule has 0 saturated carbocycles. The van der Waals surface area contributed by atoms with E-state index in [0.717, 1.165) is 15.4 Å². The monoisotopic (exact) mass is 342 g/mol.